The standard InChI is InChI=1S/C13H17N3OS/c1-9-4-5-12(14)13(6-9)18(17)8-11-7-10(2)15-16(11)3/h4-7H,8,14H2,1-3H3. The Labute approximate surface area is 109 Å². The summed E-state index contributed by atoms with van der Waals surface area (Å²) in [6, 6.07) is 7.56. The number of benzene rings is 1. The zero-order valence-electron chi connectivity index (χ0n) is 10.8. The van der Waals surface area contributed by atoms with E-state index in [1.165, 1.54) is 0 Å². The van der Waals surface area contributed by atoms with Gasteiger partial charge in [0.15, 0.2) is 0 Å². The summed E-state index contributed by atoms with van der Waals surface area (Å²) < 4.78 is 14.1. The molecule has 1 aromatic heterocycles. The van der Waals surface area contributed by atoms with E-state index < -0.39 is 10.8 Å². The first kappa shape index (κ1) is 12.8. The molecule has 1 atom stereocenters. The number of rotatable bonds is 3. The van der Waals surface area contributed by atoms with Gasteiger partial charge in [-0.05, 0) is 37.6 Å². The first-order valence-corrected chi connectivity index (χ1v) is 7.03. The maximum absolute atomic E-state index is 12.3. The molecule has 0 saturated carbocycles. The Morgan fingerprint density at radius 1 is 1.33 bits per heavy atom. The number of anilines is 1. The van der Waals surface area contributed by atoms with E-state index in [-0.39, 0.29) is 0 Å². The molecule has 0 radical (unpaired) electrons. The Morgan fingerprint density at radius 2 is 2.06 bits per heavy atom. The Morgan fingerprint density at radius 3 is 2.67 bits per heavy atom. The number of nitrogens with two attached hydrogens (primary N) is 1. The van der Waals surface area contributed by atoms with Crippen molar-refractivity contribution in [2.24, 2.45) is 7.05 Å². The van der Waals surface area contributed by atoms with Crippen molar-refractivity contribution in [2.45, 2.75) is 24.5 Å². The quantitative estimate of drug-likeness (QED) is 0.861. The van der Waals surface area contributed by atoms with Gasteiger partial charge in [-0.15, -0.1) is 0 Å². The summed E-state index contributed by atoms with van der Waals surface area (Å²) in [6.07, 6.45) is 0. The second kappa shape index (κ2) is 4.94. The van der Waals surface area contributed by atoms with Crippen LogP contribution in [-0.2, 0) is 23.6 Å². The van der Waals surface area contributed by atoms with Gasteiger partial charge in [0.05, 0.1) is 32.8 Å². The molecule has 1 heterocycles. The molecule has 5 heteroatoms. The van der Waals surface area contributed by atoms with Crippen molar-refractivity contribution >= 4 is 16.5 Å². The zero-order valence-corrected chi connectivity index (χ0v) is 11.6. The van der Waals surface area contributed by atoms with E-state index >= 15 is 0 Å². The van der Waals surface area contributed by atoms with E-state index in [9.17, 15) is 4.21 Å². The molecule has 0 aliphatic rings. The molecule has 18 heavy (non-hydrogen) atoms. The number of aryl methyl sites for hydroxylation is 3. The Kier molecular flexibility index (Phi) is 3.52. The highest BCUT2D eigenvalue weighted by Gasteiger charge is 2.12. The summed E-state index contributed by atoms with van der Waals surface area (Å²) in [6.45, 7) is 3.89. The summed E-state index contributed by atoms with van der Waals surface area (Å²) in [4.78, 5) is 0.703. The molecule has 0 aliphatic carbocycles. The Hall–Kier alpha value is -1.62. The molecule has 0 fully saturated rings. The third kappa shape index (κ3) is 2.61. The monoisotopic (exact) mass is 263 g/mol. The molecule has 0 aliphatic heterocycles. The lowest BCUT2D eigenvalue weighted by Crippen LogP contribution is -2.05. The lowest BCUT2D eigenvalue weighted by atomic mass is 10.2. The summed E-state index contributed by atoms with van der Waals surface area (Å²) in [7, 11) is 0.721. The highest BCUT2D eigenvalue weighted by Crippen LogP contribution is 2.20. The third-order valence-electron chi connectivity index (χ3n) is 2.79. The first-order valence-electron chi connectivity index (χ1n) is 5.71. The molecule has 0 bridgehead atoms. The van der Waals surface area contributed by atoms with E-state index in [4.69, 9.17) is 5.73 Å². The molecule has 2 rings (SSSR count). The van der Waals surface area contributed by atoms with Crippen molar-refractivity contribution in [2.75, 3.05) is 5.73 Å². The van der Waals surface area contributed by atoms with Crippen LogP contribution in [0.2, 0.25) is 0 Å². The second-order valence-corrected chi connectivity index (χ2v) is 5.85. The van der Waals surface area contributed by atoms with E-state index in [1.807, 2.05) is 39.1 Å². The van der Waals surface area contributed by atoms with Crippen molar-refractivity contribution in [1.29, 1.82) is 0 Å². The van der Waals surface area contributed by atoms with Gasteiger partial charge in [0.1, 0.15) is 0 Å². The fraction of sp³-hybridized carbons (Fsp3) is 0.308. The molecule has 1 unspecified atom stereocenters. The van der Waals surface area contributed by atoms with Gasteiger partial charge in [-0.25, -0.2) is 0 Å². The number of aromatic nitrogens is 2. The molecule has 2 N–H and O–H groups in total. The smallest absolute Gasteiger partial charge is 0.0703 e. The Bertz CT molecular complexity index is 604. The SMILES string of the molecule is Cc1ccc(N)c(S(=O)Cc2cc(C)nn2C)c1. The number of hydrogen-bond acceptors (Lipinski definition) is 3. The van der Waals surface area contributed by atoms with Crippen molar-refractivity contribution in [1.82, 2.24) is 9.78 Å². The van der Waals surface area contributed by atoms with Crippen LogP contribution in [0.25, 0.3) is 0 Å². The van der Waals surface area contributed by atoms with E-state index in [0.717, 1.165) is 17.0 Å². The average molecular weight is 263 g/mol. The van der Waals surface area contributed by atoms with Gasteiger partial charge < -0.3 is 5.73 Å². The molecule has 96 valence electrons. The topological polar surface area (TPSA) is 60.9 Å². The predicted molar refractivity (Wildman–Crippen MR) is 73.6 cm³/mol. The number of nitrogens with zero attached hydrogens (tertiary/aromatic N) is 2. The number of hydrogen-bond donors (Lipinski definition) is 1. The van der Waals surface area contributed by atoms with Crippen LogP contribution < -0.4 is 5.73 Å². The van der Waals surface area contributed by atoms with Crippen molar-refractivity contribution in [3.8, 4) is 0 Å². The normalized spacial score (nSPS) is 12.6. The minimum Gasteiger partial charge on any atom is -0.398 e. The lowest BCUT2D eigenvalue weighted by molar-refractivity contribution is 0.676. The molecule has 4 nitrogen and oxygen atoms in total. The fourth-order valence-corrected chi connectivity index (χ4v) is 3.19. The molecule has 0 saturated heterocycles. The van der Waals surface area contributed by atoms with Crippen LogP contribution in [0.3, 0.4) is 0 Å². The van der Waals surface area contributed by atoms with Gasteiger partial charge in [-0.3, -0.25) is 8.89 Å². The minimum absolute atomic E-state index is 0.436. The average Bonchev–Trinajstić information content (AvgIpc) is 2.61. The van der Waals surface area contributed by atoms with Crippen molar-refractivity contribution in [3.63, 3.8) is 0 Å². The van der Waals surface area contributed by atoms with Crippen LogP contribution in [0.4, 0.5) is 5.69 Å². The summed E-state index contributed by atoms with van der Waals surface area (Å²) >= 11 is 0. The summed E-state index contributed by atoms with van der Waals surface area (Å²) in [5.74, 6) is 0.436. The van der Waals surface area contributed by atoms with E-state index in [2.05, 4.69) is 5.10 Å². The molecule has 2 aromatic rings. The maximum atomic E-state index is 12.3. The fourth-order valence-electron chi connectivity index (χ4n) is 1.85. The molecular formula is C13H17N3OS. The molecule has 0 amide bonds. The Balaban J connectivity index is 2.27. The lowest BCUT2D eigenvalue weighted by Gasteiger charge is -2.07. The molecule has 0 spiro atoms. The zero-order chi connectivity index (χ0) is 13.3. The second-order valence-electron chi connectivity index (χ2n) is 4.43. The van der Waals surface area contributed by atoms with E-state index in [0.29, 0.717) is 16.3 Å². The van der Waals surface area contributed by atoms with Gasteiger partial charge in [0, 0.05) is 12.7 Å². The van der Waals surface area contributed by atoms with Crippen LogP contribution in [0.15, 0.2) is 29.2 Å². The predicted octanol–water partition coefficient (Wildman–Crippen LogP) is 1.93. The highest BCUT2D eigenvalue weighted by atomic mass is 32.2. The van der Waals surface area contributed by atoms with Crippen LogP contribution in [0.5, 0.6) is 0 Å². The van der Waals surface area contributed by atoms with Crippen LogP contribution in [0.1, 0.15) is 17.0 Å². The van der Waals surface area contributed by atoms with Gasteiger partial charge >= 0.3 is 0 Å². The third-order valence-corrected chi connectivity index (χ3v) is 4.19. The maximum Gasteiger partial charge on any atom is 0.0703 e. The minimum atomic E-state index is -1.14. The van der Waals surface area contributed by atoms with Crippen molar-refractivity contribution in [3.05, 3.63) is 41.2 Å². The van der Waals surface area contributed by atoms with Gasteiger partial charge in [0.25, 0.3) is 0 Å². The van der Waals surface area contributed by atoms with Crippen LogP contribution in [0, 0.1) is 13.8 Å². The van der Waals surface area contributed by atoms with Crippen molar-refractivity contribution < 1.29 is 4.21 Å². The number of nitrogen functional groups attached to an aromatic ring is 1. The van der Waals surface area contributed by atoms with Gasteiger partial charge in [-0.1, -0.05) is 6.07 Å². The molecular weight excluding hydrogens is 246 g/mol. The van der Waals surface area contributed by atoms with Crippen LogP contribution >= 0.6 is 0 Å². The van der Waals surface area contributed by atoms with Crippen LogP contribution in [-0.4, -0.2) is 14.0 Å². The highest BCUT2D eigenvalue weighted by molar-refractivity contribution is 7.84. The molecule has 1 aromatic carbocycles. The van der Waals surface area contributed by atoms with Gasteiger partial charge in [0.2, 0.25) is 0 Å². The largest absolute Gasteiger partial charge is 0.398 e. The summed E-state index contributed by atoms with van der Waals surface area (Å²) in [5.41, 5.74) is 9.40. The summed E-state index contributed by atoms with van der Waals surface area (Å²) in [5, 5.41) is 4.25. The van der Waals surface area contributed by atoms with E-state index in [1.54, 1.807) is 10.7 Å². The first-order chi connectivity index (χ1) is 8.47. The van der Waals surface area contributed by atoms with Gasteiger partial charge in [-0.2, -0.15) is 5.10 Å².